The summed E-state index contributed by atoms with van der Waals surface area (Å²) in [6.45, 7) is 0.361. The molecule has 0 fully saturated rings. The van der Waals surface area contributed by atoms with Crippen molar-refractivity contribution in [1.82, 2.24) is 19.9 Å². The van der Waals surface area contributed by atoms with Gasteiger partial charge >= 0.3 is 0 Å². The maximum absolute atomic E-state index is 12.7. The number of fused-ring (bicyclic) bond motifs is 1. The molecule has 3 aromatic heterocycles. The normalized spacial score (nSPS) is 12.3. The highest BCUT2D eigenvalue weighted by Gasteiger charge is 2.22. The van der Waals surface area contributed by atoms with Gasteiger partial charge in [-0.2, -0.15) is 0 Å². The van der Waals surface area contributed by atoms with E-state index in [4.69, 9.17) is 10.5 Å². The number of nitrogens with zero attached hydrogens (tertiary/aromatic N) is 3. The lowest BCUT2D eigenvalue weighted by Crippen LogP contribution is -2.06. The van der Waals surface area contributed by atoms with E-state index >= 15 is 0 Å². The Bertz CT molecular complexity index is 1250. The quantitative estimate of drug-likeness (QED) is 0.484. The van der Waals surface area contributed by atoms with Crippen molar-refractivity contribution >= 4 is 38.0 Å². The van der Waals surface area contributed by atoms with Gasteiger partial charge in [0.15, 0.2) is 5.82 Å². The molecular weight excluding hydrogens is 410 g/mol. The first-order chi connectivity index (χ1) is 14.1. The van der Waals surface area contributed by atoms with Crippen molar-refractivity contribution in [2.24, 2.45) is 0 Å². The Kier molecular flexibility index (Phi) is 5.47. The fourth-order valence-electron chi connectivity index (χ4n) is 2.83. The molecule has 0 bridgehead atoms. The molecular formula is C19H17N5O3S2. The second kappa shape index (κ2) is 8.19. The van der Waals surface area contributed by atoms with Crippen LogP contribution in [0.5, 0.6) is 0 Å². The molecule has 0 unspecified atom stereocenters. The largest absolute Gasteiger partial charge is 0.396 e. The number of nitrogen functional groups attached to an aromatic ring is 1. The standard InChI is InChI=1S/C19H17N5O3S2/c1-27-7-8-29(26)19-15(20)14-16(11-5-3-2-4-6-11)23-17(24-18(14)28-19)12-9-13(25)22-10-21-12/h2-6,9-10H,7-8,20H2,1H3,(H,21,22,25)/t29-/m1/s1. The van der Waals surface area contributed by atoms with Crippen LogP contribution in [0.1, 0.15) is 0 Å². The van der Waals surface area contributed by atoms with Crippen molar-refractivity contribution < 1.29 is 8.95 Å². The van der Waals surface area contributed by atoms with Gasteiger partial charge in [-0.15, -0.1) is 11.3 Å². The van der Waals surface area contributed by atoms with Gasteiger partial charge in [-0.25, -0.2) is 15.0 Å². The van der Waals surface area contributed by atoms with Crippen molar-refractivity contribution in [2.45, 2.75) is 4.21 Å². The number of nitrogens with one attached hydrogen (secondary N) is 1. The molecule has 0 aliphatic rings. The molecule has 1 atom stereocenters. The third-order valence-electron chi connectivity index (χ3n) is 4.19. The van der Waals surface area contributed by atoms with Gasteiger partial charge in [-0.3, -0.25) is 9.00 Å². The van der Waals surface area contributed by atoms with E-state index in [1.807, 2.05) is 30.3 Å². The molecule has 0 saturated carbocycles. The number of aromatic amines is 1. The number of ether oxygens (including phenoxy) is 1. The van der Waals surface area contributed by atoms with E-state index in [-0.39, 0.29) is 5.56 Å². The van der Waals surface area contributed by atoms with Crippen LogP contribution in [-0.2, 0) is 15.5 Å². The van der Waals surface area contributed by atoms with E-state index in [0.29, 0.717) is 49.7 Å². The monoisotopic (exact) mass is 427 g/mol. The number of anilines is 1. The summed E-state index contributed by atoms with van der Waals surface area (Å²) in [5.41, 5.74) is 8.29. The number of hydrogen-bond acceptors (Lipinski definition) is 8. The molecule has 29 heavy (non-hydrogen) atoms. The van der Waals surface area contributed by atoms with Crippen LogP contribution in [0.2, 0.25) is 0 Å². The van der Waals surface area contributed by atoms with E-state index in [1.54, 1.807) is 7.11 Å². The van der Waals surface area contributed by atoms with Crippen LogP contribution in [0, 0.1) is 0 Å². The number of aromatic nitrogens is 4. The van der Waals surface area contributed by atoms with Gasteiger partial charge in [0.25, 0.3) is 5.56 Å². The summed E-state index contributed by atoms with van der Waals surface area (Å²) in [7, 11) is 0.244. The average molecular weight is 428 g/mol. The first-order valence-electron chi connectivity index (χ1n) is 8.66. The smallest absolute Gasteiger partial charge is 0.251 e. The number of nitrogens with two attached hydrogens (primary N) is 1. The van der Waals surface area contributed by atoms with Crippen LogP contribution >= 0.6 is 11.3 Å². The van der Waals surface area contributed by atoms with Crippen LogP contribution < -0.4 is 11.3 Å². The molecule has 4 aromatic rings. The third kappa shape index (κ3) is 3.82. The predicted molar refractivity (Wildman–Crippen MR) is 114 cm³/mol. The lowest BCUT2D eigenvalue weighted by atomic mass is 10.1. The maximum Gasteiger partial charge on any atom is 0.251 e. The molecule has 0 amide bonds. The van der Waals surface area contributed by atoms with Gasteiger partial charge in [0.05, 0.1) is 46.3 Å². The molecule has 3 heterocycles. The van der Waals surface area contributed by atoms with E-state index in [9.17, 15) is 9.00 Å². The molecule has 148 valence electrons. The summed E-state index contributed by atoms with van der Waals surface area (Å²) in [4.78, 5) is 28.2. The maximum atomic E-state index is 12.7. The van der Waals surface area contributed by atoms with Crippen molar-refractivity contribution in [1.29, 1.82) is 0 Å². The van der Waals surface area contributed by atoms with E-state index in [0.717, 1.165) is 5.56 Å². The van der Waals surface area contributed by atoms with Crippen LogP contribution in [0.15, 0.2) is 51.7 Å². The minimum absolute atomic E-state index is 0.299. The van der Waals surface area contributed by atoms with Crippen LogP contribution in [0.3, 0.4) is 0 Å². The summed E-state index contributed by atoms with van der Waals surface area (Å²) < 4.78 is 18.3. The van der Waals surface area contributed by atoms with Crippen LogP contribution in [0.25, 0.3) is 33.0 Å². The number of benzene rings is 1. The van der Waals surface area contributed by atoms with Gasteiger partial charge in [0.2, 0.25) is 0 Å². The Morgan fingerprint density at radius 2 is 2.03 bits per heavy atom. The number of methoxy groups -OCH3 is 1. The summed E-state index contributed by atoms with van der Waals surface area (Å²) in [5.74, 6) is 0.641. The molecule has 0 spiro atoms. The molecule has 8 nitrogen and oxygen atoms in total. The highest BCUT2D eigenvalue weighted by Crippen LogP contribution is 2.40. The van der Waals surface area contributed by atoms with Gasteiger partial charge in [-0.05, 0) is 0 Å². The van der Waals surface area contributed by atoms with Crippen LogP contribution in [0.4, 0.5) is 5.69 Å². The van der Waals surface area contributed by atoms with Gasteiger partial charge in [0, 0.05) is 18.7 Å². The fraction of sp³-hybridized carbons (Fsp3) is 0.158. The Morgan fingerprint density at radius 1 is 1.24 bits per heavy atom. The Balaban J connectivity index is 1.97. The minimum Gasteiger partial charge on any atom is -0.396 e. The van der Waals surface area contributed by atoms with Gasteiger partial charge < -0.3 is 15.5 Å². The predicted octanol–water partition coefficient (Wildman–Crippen LogP) is 2.44. The van der Waals surface area contributed by atoms with E-state index < -0.39 is 10.8 Å². The van der Waals surface area contributed by atoms with Crippen molar-refractivity contribution in [3.8, 4) is 22.8 Å². The number of rotatable bonds is 6. The fourth-order valence-corrected chi connectivity index (χ4v) is 5.37. The molecule has 1 aromatic carbocycles. The van der Waals surface area contributed by atoms with E-state index in [2.05, 4.69) is 19.9 Å². The molecule has 0 aliphatic carbocycles. The van der Waals surface area contributed by atoms with E-state index in [1.165, 1.54) is 23.7 Å². The topological polar surface area (TPSA) is 124 Å². The Hall–Kier alpha value is -2.95. The lowest BCUT2D eigenvalue weighted by molar-refractivity contribution is 0.218. The summed E-state index contributed by atoms with van der Waals surface area (Å²) in [5, 5.41) is 0.649. The molecule has 0 saturated heterocycles. The summed E-state index contributed by atoms with van der Waals surface area (Å²) in [6, 6.07) is 10.9. The van der Waals surface area contributed by atoms with Crippen LogP contribution in [-0.4, -0.2) is 43.6 Å². The van der Waals surface area contributed by atoms with Gasteiger partial charge in [-0.1, -0.05) is 30.3 Å². The molecule has 0 aliphatic heterocycles. The average Bonchev–Trinajstić information content (AvgIpc) is 3.08. The second-order valence-corrected chi connectivity index (χ2v) is 8.85. The lowest BCUT2D eigenvalue weighted by Gasteiger charge is -2.07. The minimum atomic E-state index is -1.32. The second-order valence-electron chi connectivity index (χ2n) is 6.08. The molecule has 4 rings (SSSR count). The highest BCUT2D eigenvalue weighted by molar-refractivity contribution is 7.87. The number of thiophene rings is 1. The Morgan fingerprint density at radius 3 is 2.76 bits per heavy atom. The molecule has 0 radical (unpaired) electrons. The third-order valence-corrected chi connectivity index (χ3v) is 7.06. The first-order valence-corrected chi connectivity index (χ1v) is 10.8. The van der Waals surface area contributed by atoms with Gasteiger partial charge in [0.1, 0.15) is 14.7 Å². The molecule has 10 heteroatoms. The van der Waals surface area contributed by atoms with Crippen molar-refractivity contribution in [2.75, 3.05) is 25.2 Å². The zero-order chi connectivity index (χ0) is 20.4. The first kappa shape index (κ1) is 19.4. The zero-order valence-electron chi connectivity index (χ0n) is 15.4. The molecule has 3 N–H and O–H groups in total. The number of H-pyrrole nitrogens is 1. The SMILES string of the molecule is COCC[S@@](=O)c1sc2nc(-c3cc(=O)[nH]cn3)nc(-c3ccccc3)c2c1N. The highest BCUT2D eigenvalue weighted by atomic mass is 32.2. The summed E-state index contributed by atoms with van der Waals surface area (Å²) in [6.07, 6.45) is 1.31. The van der Waals surface area contributed by atoms with Crippen molar-refractivity contribution in [3.63, 3.8) is 0 Å². The summed E-state index contributed by atoms with van der Waals surface area (Å²) >= 11 is 1.26. The Labute approximate surface area is 172 Å². The van der Waals surface area contributed by atoms with Crippen molar-refractivity contribution in [3.05, 3.63) is 53.1 Å². The zero-order valence-corrected chi connectivity index (χ0v) is 17.0. The number of hydrogen-bond donors (Lipinski definition) is 2.